The van der Waals surface area contributed by atoms with Gasteiger partial charge in [-0.2, -0.15) is 0 Å². The van der Waals surface area contributed by atoms with Gasteiger partial charge in [-0.15, -0.1) is 0 Å². The predicted molar refractivity (Wildman–Crippen MR) is 274 cm³/mol. The summed E-state index contributed by atoms with van der Waals surface area (Å²) in [5.74, 6) is 6.40. The van der Waals surface area contributed by atoms with Crippen molar-refractivity contribution in [2.24, 2.45) is 23.7 Å². The second-order valence-electron chi connectivity index (χ2n) is 20.6. The van der Waals surface area contributed by atoms with Crippen molar-refractivity contribution in [2.75, 3.05) is 0 Å². The number of aromatic amines is 2. The number of aromatic nitrogens is 8. The fraction of sp³-hybridized carbons (Fsp3) is 0.429. The van der Waals surface area contributed by atoms with E-state index in [9.17, 15) is 0 Å². The molecule has 7 aromatic rings. The highest BCUT2D eigenvalue weighted by atomic mass is 16.5. The van der Waals surface area contributed by atoms with E-state index < -0.39 is 0 Å². The fourth-order valence-electron chi connectivity index (χ4n) is 9.97. The molecule has 4 atom stereocenters. The van der Waals surface area contributed by atoms with Crippen molar-refractivity contribution in [1.82, 2.24) is 39.9 Å². The molecule has 12 heteroatoms. The van der Waals surface area contributed by atoms with Gasteiger partial charge in [0.1, 0.15) is 45.6 Å². The van der Waals surface area contributed by atoms with Crippen LogP contribution in [0.3, 0.4) is 0 Å². The second-order valence-corrected chi connectivity index (χ2v) is 20.6. The number of rotatable bonds is 16. The molecule has 2 aliphatic heterocycles. The van der Waals surface area contributed by atoms with Crippen LogP contribution in [0.15, 0.2) is 72.8 Å². The number of benzene rings is 4. The lowest BCUT2D eigenvalue weighted by Crippen LogP contribution is -2.15. The Morgan fingerprint density at radius 2 is 0.676 bits per heavy atom. The van der Waals surface area contributed by atoms with E-state index in [1.54, 1.807) is 0 Å². The van der Waals surface area contributed by atoms with Crippen molar-refractivity contribution in [1.29, 1.82) is 0 Å². The Bertz CT molecular complexity index is 3150. The Balaban J connectivity index is 1.40. The monoisotopic (exact) mass is 915 g/mol. The van der Waals surface area contributed by atoms with Gasteiger partial charge >= 0.3 is 0 Å². The van der Waals surface area contributed by atoms with E-state index in [4.69, 9.17) is 48.9 Å². The molecule has 0 spiro atoms. The molecule has 354 valence electrons. The van der Waals surface area contributed by atoms with E-state index in [0.717, 1.165) is 69.5 Å². The zero-order chi connectivity index (χ0) is 48.0. The van der Waals surface area contributed by atoms with E-state index in [0.29, 0.717) is 92.6 Å². The molecule has 68 heavy (non-hydrogen) atoms. The first-order chi connectivity index (χ1) is 32.6. The van der Waals surface area contributed by atoms with Crippen LogP contribution in [0.25, 0.3) is 89.7 Å². The maximum atomic E-state index is 6.77. The molecule has 2 N–H and O–H groups in total. The molecule has 3 aromatic heterocycles. The molecule has 0 radical (unpaired) electrons. The standard InChI is InChI=1S/C56H66N8O4/c1-29(2)25-33(9)65-41-21-13-17-37-45(41)53-57-49(37)62-54-47-39(19-15-23-43(47)67-35(11)27-31(5)6)51(59-54)64-56-48-40(20-16-24-44(48)68-36(12)28-32(7)8)52(60-56)63-55-46-38(50(58-55)61-53)18-14-22-42(46)66-34(10)26-30(3)4/h13-24,29-36H,25-28H2,1-12H3,(H2,57,58,59,60,61,62,63,64). The van der Waals surface area contributed by atoms with Crippen molar-refractivity contribution < 1.29 is 18.9 Å². The van der Waals surface area contributed by atoms with Crippen LogP contribution in [0.2, 0.25) is 0 Å². The number of fused-ring (bicyclic) bond motifs is 20. The van der Waals surface area contributed by atoms with Gasteiger partial charge in [0.25, 0.3) is 0 Å². The third kappa shape index (κ3) is 9.60. The minimum absolute atomic E-state index is 0.0482. The molecule has 0 fully saturated rings. The van der Waals surface area contributed by atoms with Crippen LogP contribution in [0.1, 0.15) is 109 Å². The van der Waals surface area contributed by atoms with Gasteiger partial charge in [0.05, 0.1) is 46.3 Å². The number of H-pyrrole nitrogens is 2. The van der Waals surface area contributed by atoms with Crippen molar-refractivity contribution in [2.45, 2.75) is 133 Å². The van der Waals surface area contributed by atoms with E-state index in [-0.39, 0.29) is 24.4 Å². The Kier molecular flexibility index (Phi) is 13.1. The normalized spacial score (nSPS) is 14.1. The van der Waals surface area contributed by atoms with E-state index in [2.05, 4.69) is 105 Å². The van der Waals surface area contributed by atoms with Crippen LogP contribution in [0.5, 0.6) is 23.0 Å². The summed E-state index contributed by atoms with van der Waals surface area (Å²) in [5.41, 5.74) is 5.38. The van der Waals surface area contributed by atoms with Gasteiger partial charge in [0.15, 0.2) is 23.3 Å². The Labute approximate surface area is 399 Å². The summed E-state index contributed by atoms with van der Waals surface area (Å²) in [6.45, 7) is 26.1. The number of nitrogens with one attached hydrogen (secondary N) is 2. The number of nitrogens with zero attached hydrogens (tertiary/aromatic N) is 6. The summed E-state index contributed by atoms with van der Waals surface area (Å²) in [6.07, 6.45) is 3.32. The smallest absolute Gasteiger partial charge is 0.168 e. The summed E-state index contributed by atoms with van der Waals surface area (Å²) >= 11 is 0. The van der Waals surface area contributed by atoms with E-state index in [1.165, 1.54) is 0 Å². The fourth-order valence-corrected chi connectivity index (χ4v) is 9.97. The topological polar surface area (TPSA) is 146 Å². The molecule has 0 amide bonds. The second kappa shape index (κ2) is 19.2. The minimum Gasteiger partial charge on any atom is -0.490 e. The van der Waals surface area contributed by atoms with Crippen LogP contribution in [-0.2, 0) is 0 Å². The molecule has 0 saturated heterocycles. The van der Waals surface area contributed by atoms with Crippen LogP contribution >= 0.6 is 0 Å². The molecule has 12 nitrogen and oxygen atoms in total. The first kappa shape index (κ1) is 46.5. The number of hydrogen-bond acceptors (Lipinski definition) is 10. The van der Waals surface area contributed by atoms with Crippen LogP contribution in [-0.4, -0.2) is 64.3 Å². The number of hydrogen-bond donors (Lipinski definition) is 2. The van der Waals surface area contributed by atoms with Gasteiger partial charge in [-0.05, 0) is 101 Å². The quantitative estimate of drug-likeness (QED) is 0.0960. The average molecular weight is 915 g/mol. The summed E-state index contributed by atoms with van der Waals surface area (Å²) in [6, 6.07) is 24.2. The third-order valence-electron chi connectivity index (χ3n) is 12.3. The molecule has 9 rings (SSSR count). The average Bonchev–Trinajstić information content (AvgIpc) is 3.99. The van der Waals surface area contributed by atoms with Crippen molar-refractivity contribution >= 4 is 44.1 Å². The van der Waals surface area contributed by atoms with Crippen LogP contribution < -0.4 is 18.9 Å². The summed E-state index contributed by atoms with van der Waals surface area (Å²) in [4.78, 5) is 39.3. The minimum atomic E-state index is -0.0603. The molecule has 4 aromatic carbocycles. The lowest BCUT2D eigenvalue weighted by atomic mass is 10.0. The summed E-state index contributed by atoms with van der Waals surface area (Å²) in [7, 11) is 0. The Morgan fingerprint density at radius 3 is 1.10 bits per heavy atom. The molecular formula is C56H66N8O4. The number of ether oxygens (including phenoxy) is 4. The molecule has 4 unspecified atom stereocenters. The van der Waals surface area contributed by atoms with Crippen molar-refractivity contribution in [3.63, 3.8) is 0 Å². The van der Waals surface area contributed by atoms with Crippen molar-refractivity contribution in [3.05, 3.63) is 72.8 Å². The highest BCUT2D eigenvalue weighted by Crippen LogP contribution is 2.45. The molecule has 2 aliphatic rings. The van der Waals surface area contributed by atoms with Crippen LogP contribution in [0.4, 0.5) is 0 Å². The molecular weight excluding hydrogens is 849 g/mol. The zero-order valence-corrected chi connectivity index (χ0v) is 41.7. The lowest BCUT2D eigenvalue weighted by molar-refractivity contribution is 0.194. The molecule has 0 aliphatic carbocycles. The van der Waals surface area contributed by atoms with Crippen LogP contribution in [0, 0.1) is 23.7 Å². The first-order valence-corrected chi connectivity index (χ1v) is 24.6. The summed E-state index contributed by atoms with van der Waals surface area (Å²) in [5, 5.41) is 3.28. The largest absolute Gasteiger partial charge is 0.490 e. The van der Waals surface area contributed by atoms with Crippen molar-refractivity contribution in [3.8, 4) is 68.5 Å². The maximum Gasteiger partial charge on any atom is 0.168 e. The third-order valence-corrected chi connectivity index (χ3v) is 12.3. The van der Waals surface area contributed by atoms with E-state index >= 15 is 0 Å². The highest BCUT2D eigenvalue weighted by molar-refractivity contribution is 6.11. The Hall–Kier alpha value is -6.56. The molecule has 0 saturated carbocycles. The SMILES string of the molecule is CC(C)CC(C)Oc1cccc2c1-c1nc3nc(nc4[nH]c(nc5[nH]c(nc-2n1)c1c(OC(C)CC(C)C)cccc51)c1c(OC(C)CC(C)C)cccc41)-c1c(OC(C)CC(C)C)cccc1-3. The maximum absolute atomic E-state index is 6.77. The Morgan fingerprint density at radius 1 is 0.353 bits per heavy atom. The summed E-state index contributed by atoms with van der Waals surface area (Å²) < 4.78 is 27.0. The van der Waals surface area contributed by atoms with E-state index in [1.807, 2.05) is 60.7 Å². The van der Waals surface area contributed by atoms with Gasteiger partial charge in [0.2, 0.25) is 0 Å². The molecule has 5 heterocycles. The van der Waals surface area contributed by atoms with Gasteiger partial charge in [-0.3, -0.25) is 0 Å². The molecule has 8 bridgehead atoms. The van der Waals surface area contributed by atoms with Gasteiger partial charge in [-0.1, -0.05) is 104 Å². The zero-order valence-electron chi connectivity index (χ0n) is 41.7. The predicted octanol–water partition coefficient (Wildman–Crippen LogP) is 14.1. The van der Waals surface area contributed by atoms with Gasteiger partial charge < -0.3 is 28.9 Å². The first-order valence-electron chi connectivity index (χ1n) is 24.6. The van der Waals surface area contributed by atoms with Gasteiger partial charge in [-0.25, -0.2) is 29.9 Å². The van der Waals surface area contributed by atoms with Gasteiger partial charge in [0, 0.05) is 21.9 Å². The lowest BCUT2D eigenvalue weighted by Gasteiger charge is -2.18. The highest BCUT2D eigenvalue weighted by Gasteiger charge is 2.30.